The number of unbranched alkanes of at least 4 members (excludes halogenated alkanes) is 1. The normalized spacial score (nSPS) is 11.5. The second-order valence-electron chi connectivity index (χ2n) is 6.04. The second kappa shape index (κ2) is 10.7. The molecule has 0 aliphatic heterocycles. The fourth-order valence-corrected chi connectivity index (χ4v) is 2.27. The molecule has 1 heterocycles. The number of nitrogens with one attached hydrogen (secondary N) is 1. The zero-order valence-electron chi connectivity index (χ0n) is 15.5. The number of ether oxygens (including phenoxy) is 2. The summed E-state index contributed by atoms with van der Waals surface area (Å²) in [7, 11) is 0. The van der Waals surface area contributed by atoms with E-state index < -0.39 is 24.2 Å². The lowest BCUT2D eigenvalue weighted by Crippen LogP contribution is -2.42. The summed E-state index contributed by atoms with van der Waals surface area (Å²) in [5.41, 5.74) is 1.16. The lowest BCUT2D eigenvalue weighted by Gasteiger charge is -2.13. The lowest BCUT2D eigenvalue weighted by molar-refractivity contribution is -0.139. The molecular weight excluding hydrogens is 366 g/mol. The van der Waals surface area contributed by atoms with E-state index >= 15 is 0 Å². The van der Waals surface area contributed by atoms with Crippen molar-refractivity contribution in [3.63, 3.8) is 0 Å². The number of aromatic nitrogens is 2. The van der Waals surface area contributed by atoms with Gasteiger partial charge in [-0.1, -0.05) is 43.7 Å². The summed E-state index contributed by atoms with van der Waals surface area (Å²) in [5, 5.41) is 11.6. The molecule has 2 N–H and O–H groups in total. The van der Waals surface area contributed by atoms with Gasteiger partial charge in [0, 0.05) is 12.6 Å². The maximum absolute atomic E-state index is 12.1. The number of aliphatic carboxylic acids is 1. The molecule has 0 aliphatic rings. The summed E-state index contributed by atoms with van der Waals surface area (Å²) in [6.45, 7) is 2.27. The van der Waals surface area contributed by atoms with Gasteiger partial charge in [0.1, 0.15) is 19.0 Å². The van der Waals surface area contributed by atoms with Gasteiger partial charge in [0.25, 0.3) is 0 Å². The molecule has 1 aromatic heterocycles. The minimum absolute atomic E-state index is 0.100. The number of hydrogen-bond acceptors (Lipinski definition) is 6. The van der Waals surface area contributed by atoms with E-state index in [0.29, 0.717) is 12.1 Å². The number of carboxylic acids is 1. The number of carboxylic acid groups (broad SMARTS) is 1. The molecule has 0 saturated carbocycles. The molecule has 1 aromatic carbocycles. The lowest BCUT2D eigenvalue weighted by atomic mass is 10.2. The molecule has 9 nitrogen and oxygen atoms in total. The van der Waals surface area contributed by atoms with Crippen LogP contribution in [0.2, 0.25) is 0 Å². The van der Waals surface area contributed by atoms with Crippen molar-refractivity contribution < 1.29 is 29.0 Å². The number of rotatable bonds is 9. The highest BCUT2D eigenvalue weighted by molar-refractivity contribution is 5.80. The molecule has 0 saturated heterocycles. The number of alkyl carbamates (subject to hydrolysis) is 1. The Kier molecular flexibility index (Phi) is 8.01. The van der Waals surface area contributed by atoms with Crippen molar-refractivity contribution in [2.45, 2.75) is 38.8 Å². The quantitative estimate of drug-likeness (QED) is 0.633. The van der Waals surface area contributed by atoms with Crippen LogP contribution in [-0.4, -0.2) is 45.5 Å². The Morgan fingerprint density at radius 3 is 2.64 bits per heavy atom. The summed E-state index contributed by atoms with van der Waals surface area (Å²) in [6.07, 6.45) is 2.61. The van der Waals surface area contributed by atoms with Crippen molar-refractivity contribution in [1.82, 2.24) is 14.9 Å². The van der Waals surface area contributed by atoms with Crippen LogP contribution in [0.5, 0.6) is 0 Å². The van der Waals surface area contributed by atoms with E-state index in [-0.39, 0.29) is 19.6 Å². The average Bonchev–Trinajstić information content (AvgIpc) is 3.15. The smallest absolute Gasteiger partial charge is 0.419 e. The van der Waals surface area contributed by atoms with Crippen molar-refractivity contribution in [3.05, 3.63) is 54.1 Å². The third-order valence-electron chi connectivity index (χ3n) is 3.79. The van der Waals surface area contributed by atoms with Gasteiger partial charge < -0.3 is 19.9 Å². The molecule has 2 rings (SSSR count). The summed E-state index contributed by atoms with van der Waals surface area (Å²) in [4.78, 5) is 39.1. The molecule has 0 aliphatic carbocycles. The molecule has 150 valence electrons. The Morgan fingerprint density at radius 1 is 1.21 bits per heavy atom. The SMILES string of the molecule is CCCCOC(=O)N[C@@H](Cc1cn(C(=O)OCc2ccccc2)cn1)C(=O)O. The van der Waals surface area contributed by atoms with Crippen LogP contribution in [0, 0.1) is 0 Å². The second-order valence-corrected chi connectivity index (χ2v) is 6.04. The van der Waals surface area contributed by atoms with Crippen molar-refractivity contribution >= 4 is 18.2 Å². The number of hydrogen-bond donors (Lipinski definition) is 2. The van der Waals surface area contributed by atoms with E-state index in [2.05, 4.69) is 10.3 Å². The minimum Gasteiger partial charge on any atom is -0.480 e. The number of imidazole rings is 1. The molecule has 0 fully saturated rings. The number of amides is 1. The van der Waals surface area contributed by atoms with Gasteiger partial charge in [-0.3, -0.25) is 0 Å². The van der Waals surface area contributed by atoms with Crippen LogP contribution in [0.3, 0.4) is 0 Å². The van der Waals surface area contributed by atoms with E-state index in [1.54, 1.807) is 0 Å². The zero-order chi connectivity index (χ0) is 20.4. The van der Waals surface area contributed by atoms with Gasteiger partial charge in [0.2, 0.25) is 0 Å². The fraction of sp³-hybridized carbons (Fsp3) is 0.368. The van der Waals surface area contributed by atoms with Crippen molar-refractivity contribution in [1.29, 1.82) is 0 Å². The molecule has 0 bridgehead atoms. The number of nitrogens with zero attached hydrogens (tertiary/aromatic N) is 2. The standard InChI is InChI=1S/C19H23N3O6/c1-2-3-9-27-18(25)21-16(17(23)24)10-15-11-22(13-20-15)19(26)28-12-14-7-5-4-6-8-14/h4-8,11,13,16H,2-3,9-10,12H2,1H3,(H,21,25)(H,23,24)/t16-/m0/s1. The third kappa shape index (κ3) is 6.75. The first-order valence-corrected chi connectivity index (χ1v) is 8.89. The average molecular weight is 389 g/mol. The summed E-state index contributed by atoms with van der Waals surface area (Å²) in [5.74, 6) is -1.23. The Balaban J connectivity index is 1.88. The molecule has 1 amide bonds. The maximum atomic E-state index is 12.1. The highest BCUT2D eigenvalue weighted by atomic mass is 16.6. The molecular formula is C19H23N3O6. The Bertz CT molecular complexity index is 790. The van der Waals surface area contributed by atoms with Crippen LogP contribution in [0.25, 0.3) is 0 Å². The molecule has 0 radical (unpaired) electrons. The predicted octanol–water partition coefficient (Wildman–Crippen LogP) is 2.59. The fourth-order valence-electron chi connectivity index (χ4n) is 2.27. The molecule has 0 unspecified atom stereocenters. The summed E-state index contributed by atoms with van der Waals surface area (Å²) in [6, 6.07) is 7.97. The Hall–Kier alpha value is -3.36. The molecule has 1 atom stereocenters. The van der Waals surface area contributed by atoms with Gasteiger partial charge in [-0.2, -0.15) is 0 Å². The van der Waals surface area contributed by atoms with E-state index in [0.717, 1.165) is 16.6 Å². The van der Waals surface area contributed by atoms with Crippen molar-refractivity contribution in [2.24, 2.45) is 0 Å². The highest BCUT2D eigenvalue weighted by Crippen LogP contribution is 2.06. The van der Waals surface area contributed by atoms with Gasteiger partial charge in [0.05, 0.1) is 12.3 Å². The van der Waals surface area contributed by atoms with Gasteiger partial charge in [0.15, 0.2) is 0 Å². The first-order chi connectivity index (χ1) is 13.5. The Morgan fingerprint density at radius 2 is 1.96 bits per heavy atom. The van der Waals surface area contributed by atoms with Crippen LogP contribution in [0.15, 0.2) is 42.9 Å². The van der Waals surface area contributed by atoms with Crippen LogP contribution in [0.1, 0.15) is 31.0 Å². The van der Waals surface area contributed by atoms with Crippen LogP contribution in [0.4, 0.5) is 9.59 Å². The molecule has 2 aromatic rings. The first kappa shape index (κ1) is 20.9. The number of benzene rings is 1. The highest BCUT2D eigenvalue weighted by Gasteiger charge is 2.22. The molecule has 0 spiro atoms. The van der Waals surface area contributed by atoms with E-state index in [4.69, 9.17) is 9.47 Å². The van der Waals surface area contributed by atoms with Gasteiger partial charge in [-0.25, -0.2) is 23.9 Å². The van der Waals surface area contributed by atoms with Crippen molar-refractivity contribution in [2.75, 3.05) is 6.61 Å². The monoisotopic (exact) mass is 389 g/mol. The topological polar surface area (TPSA) is 120 Å². The van der Waals surface area contributed by atoms with Gasteiger partial charge >= 0.3 is 18.2 Å². The summed E-state index contributed by atoms with van der Waals surface area (Å²) < 4.78 is 11.2. The van der Waals surface area contributed by atoms with Gasteiger partial charge in [-0.05, 0) is 12.0 Å². The van der Waals surface area contributed by atoms with E-state index in [1.165, 1.54) is 12.5 Å². The molecule has 28 heavy (non-hydrogen) atoms. The largest absolute Gasteiger partial charge is 0.480 e. The van der Waals surface area contributed by atoms with Crippen LogP contribution >= 0.6 is 0 Å². The predicted molar refractivity (Wildman–Crippen MR) is 98.8 cm³/mol. The summed E-state index contributed by atoms with van der Waals surface area (Å²) >= 11 is 0. The Labute approximate surface area is 162 Å². The van der Waals surface area contributed by atoms with Crippen LogP contribution < -0.4 is 5.32 Å². The maximum Gasteiger partial charge on any atom is 0.419 e. The number of carbonyl (C=O) groups excluding carboxylic acids is 2. The number of carbonyl (C=O) groups is 3. The minimum atomic E-state index is -1.23. The first-order valence-electron chi connectivity index (χ1n) is 8.89. The zero-order valence-corrected chi connectivity index (χ0v) is 15.5. The van der Waals surface area contributed by atoms with Crippen molar-refractivity contribution in [3.8, 4) is 0 Å². The molecule has 9 heteroatoms. The van der Waals surface area contributed by atoms with E-state index in [9.17, 15) is 19.5 Å². The van der Waals surface area contributed by atoms with E-state index in [1.807, 2.05) is 37.3 Å². The third-order valence-corrected chi connectivity index (χ3v) is 3.79. The van der Waals surface area contributed by atoms with Gasteiger partial charge in [-0.15, -0.1) is 0 Å². The van der Waals surface area contributed by atoms with Crippen LogP contribution in [-0.2, 0) is 27.3 Å².